The molecule has 0 aliphatic rings. The van der Waals surface area contributed by atoms with E-state index in [9.17, 15) is 0 Å². The third kappa shape index (κ3) is 2.76. The van der Waals surface area contributed by atoms with Gasteiger partial charge >= 0.3 is 0 Å². The summed E-state index contributed by atoms with van der Waals surface area (Å²) >= 11 is 13.6. The number of thioether (sulfide) groups is 1. The van der Waals surface area contributed by atoms with E-state index < -0.39 is 0 Å². The molecule has 1 aromatic carbocycles. The molecule has 18 heavy (non-hydrogen) atoms. The third-order valence-corrected chi connectivity index (χ3v) is 4.57. The minimum Gasteiger partial charge on any atom is -0.329 e. The lowest BCUT2D eigenvalue weighted by molar-refractivity contribution is 0.543. The van der Waals surface area contributed by atoms with Gasteiger partial charge in [0.1, 0.15) is 0 Å². The van der Waals surface area contributed by atoms with Crippen LogP contribution >= 0.6 is 35.6 Å². The van der Waals surface area contributed by atoms with Gasteiger partial charge in [0, 0.05) is 6.04 Å². The number of benzene rings is 1. The molecule has 5 heteroatoms. The van der Waals surface area contributed by atoms with Crippen molar-refractivity contribution in [2.75, 3.05) is 11.5 Å². The lowest BCUT2D eigenvalue weighted by atomic mass is 10.2. The minimum absolute atomic E-state index is 0.392. The summed E-state index contributed by atoms with van der Waals surface area (Å²) in [5.74, 6) is 2.32. The Morgan fingerprint density at radius 3 is 3.00 bits per heavy atom. The van der Waals surface area contributed by atoms with E-state index in [4.69, 9.17) is 23.8 Å². The zero-order chi connectivity index (χ0) is 13.1. The molecule has 2 aromatic rings. The van der Waals surface area contributed by atoms with Gasteiger partial charge < -0.3 is 9.55 Å². The number of nitrogens with one attached hydrogen (secondary N) is 1. The first-order valence-electron chi connectivity index (χ1n) is 6.11. The van der Waals surface area contributed by atoms with Crippen molar-refractivity contribution in [3.63, 3.8) is 0 Å². The molecule has 0 aliphatic heterocycles. The first-order chi connectivity index (χ1) is 8.65. The van der Waals surface area contributed by atoms with Crippen LogP contribution in [-0.2, 0) is 0 Å². The number of H-pyrrole nitrogens is 1. The Bertz CT molecular complexity index is 588. The summed E-state index contributed by atoms with van der Waals surface area (Å²) in [5, 5.41) is 0.729. The molecule has 2 nitrogen and oxygen atoms in total. The van der Waals surface area contributed by atoms with Gasteiger partial charge in [0.05, 0.1) is 16.1 Å². The molecule has 0 bridgehead atoms. The van der Waals surface area contributed by atoms with E-state index in [2.05, 4.69) is 29.5 Å². The topological polar surface area (TPSA) is 20.7 Å². The Kier molecular flexibility index (Phi) is 4.76. The van der Waals surface area contributed by atoms with Gasteiger partial charge in [-0.25, -0.2) is 0 Å². The Morgan fingerprint density at radius 2 is 2.28 bits per heavy atom. The first kappa shape index (κ1) is 14.0. The molecular weight excluding hydrogens is 284 g/mol. The summed E-state index contributed by atoms with van der Waals surface area (Å²) in [6, 6.07) is 6.31. The molecule has 0 aliphatic carbocycles. The van der Waals surface area contributed by atoms with Crippen LogP contribution in [0.3, 0.4) is 0 Å². The van der Waals surface area contributed by atoms with Crippen LogP contribution in [0.5, 0.6) is 0 Å². The molecule has 2 rings (SSSR count). The van der Waals surface area contributed by atoms with Gasteiger partial charge in [0.15, 0.2) is 4.77 Å². The number of imidazole rings is 1. The van der Waals surface area contributed by atoms with Crippen LogP contribution < -0.4 is 0 Å². The number of hydrogen-bond acceptors (Lipinski definition) is 2. The molecule has 1 aromatic heterocycles. The molecule has 0 amide bonds. The predicted octanol–water partition coefficient (Wildman–Crippen LogP) is 5.06. The van der Waals surface area contributed by atoms with Crippen LogP contribution in [0.15, 0.2) is 18.2 Å². The van der Waals surface area contributed by atoms with E-state index >= 15 is 0 Å². The third-order valence-electron chi connectivity index (χ3n) is 3.03. The normalized spacial score (nSPS) is 13.1. The van der Waals surface area contributed by atoms with Crippen LogP contribution in [-0.4, -0.2) is 21.1 Å². The molecule has 0 saturated carbocycles. The van der Waals surface area contributed by atoms with Crippen LogP contribution in [0.25, 0.3) is 11.0 Å². The molecule has 0 spiro atoms. The fourth-order valence-electron chi connectivity index (χ4n) is 2.08. The van der Waals surface area contributed by atoms with Crippen molar-refractivity contribution in [3.8, 4) is 0 Å². The molecule has 1 heterocycles. The molecule has 0 radical (unpaired) electrons. The zero-order valence-electron chi connectivity index (χ0n) is 10.6. The number of halogens is 1. The minimum atomic E-state index is 0.392. The largest absolute Gasteiger partial charge is 0.329 e. The fraction of sp³-hybridized carbons (Fsp3) is 0.462. The Morgan fingerprint density at radius 1 is 1.50 bits per heavy atom. The van der Waals surface area contributed by atoms with Crippen molar-refractivity contribution in [2.45, 2.75) is 26.3 Å². The monoisotopic (exact) mass is 300 g/mol. The summed E-state index contributed by atoms with van der Waals surface area (Å²) in [6.07, 6.45) is 1.12. The molecule has 1 atom stereocenters. The maximum Gasteiger partial charge on any atom is 0.178 e. The number of aromatic nitrogens is 2. The van der Waals surface area contributed by atoms with Gasteiger partial charge in [-0.2, -0.15) is 11.8 Å². The van der Waals surface area contributed by atoms with Crippen LogP contribution in [0.2, 0.25) is 5.02 Å². The molecule has 98 valence electrons. The maximum absolute atomic E-state index is 6.18. The van der Waals surface area contributed by atoms with E-state index in [-0.39, 0.29) is 0 Å². The highest BCUT2D eigenvalue weighted by molar-refractivity contribution is 7.99. The van der Waals surface area contributed by atoms with Crippen LogP contribution in [0.1, 0.15) is 26.3 Å². The smallest absolute Gasteiger partial charge is 0.178 e. The Labute approximate surface area is 122 Å². The van der Waals surface area contributed by atoms with E-state index in [1.807, 2.05) is 23.9 Å². The average Bonchev–Trinajstić information content (AvgIpc) is 2.67. The highest BCUT2D eigenvalue weighted by atomic mass is 35.5. The average molecular weight is 301 g/mol. The van der Waals surface area contributed by atoms with Crippen molar-refractivity contribution < 1.29 is 0 Å². The van der Waals surface area contributed by atoms with E-state index in [1.54, 1.807) is 0 Å². The van der Waals surface area contributed by atoms with Gasteiger partial charge in [-0.05, 0) is 49.2 Å². The van der Waals surface area contributed by atoms with E-state index in [0.717, 1.165) is 38.8 Å². The second kappa shape index (κ2) is 6.13. The van der Waals surface area contributed by atoms with Crippen molar-refractivity contribution in [1.29, 1.82) is 0 Å². The standard InChI is InChI=1S/C13H17ClN2S2/c1-3-18-8-7-9(2)16-11-6-4-5-10(14)12(11)15-13(16)17/h4-6,9H,3,7-8H2,1-2H3,(H,15,17). The Hall–Kier alpha value is -0.450. The summed E-state index contributed by atoms with van der Waals surface area (Å²) < 4.78 is 2.93. The second-order valence-corrected chi connectivity index (χ2v) is 6.46. The van der Waals surface area contributed by atoms with Gasteiger partial charge in [0.2, 0.25) is 0 Å². The molecule has 0 saturated heterocycles. The van der Waals surface area contributed by atoms with Crippen molar-refractivity contribution in [3.05, 3.63) is 28.0 Å². The summed E-state index contributed by atoms with van der Waals surface area (Å²) in [5.41, 5.74) is 2.04. The van der Waals surface area contributed by atoms with E-state index in [0.29, 0.717) is 6.04 Å². The lowest BCUT2D eigenvalue weighted by Crippen LogP contribution is -2.06. The number of fused-ring (bicyclic) bond motifs is 1. The molecule has 0 fully saturated rings. The Balaban J connectivity index is 2.35. The molecular formula is C13H17ClN2S2. The number of aromatic amines is 1. The van der Waals surface area contributed by atoms with Gasteiger partial charge in [-0.3, -0.25) is 0 Å². The molecule has 1 unspecified atom stereocenters. The maximum atomic E-state index is 6.18. The molecule has 1 N–H and O–H groups in total. The van der Waals surface area contributed by atoms with Gasteiger partial charge in [-0.1, -0.05) is 24.6 Å². The number of nitrogens with zero attached hydrogens (tertiary/aromatic N) is 1. The summed E-state index contributed by atoms with van der Waals surface area (Å²) in [4.78, 5) is 3.21. The number of para-hydroxylation sites is 1. The number of hydrogen-bond donors (Lipinski definition) is 1. The lowest BCUT2D eigenvalue weighted by Gasteiger charge is -2.14. The van der Waals surface area contributed by atoms with Crippen molar-refractivity contribution in [2.24, 2.45) is 0 Å². The van der Waals surface area contributed by atoms with Crippen LogP contribution in [0, 0.1) is 4.77 Å². The van der Waals surface area contributed by atoms with Crippen LogP contribution in [0.4, 0.5) is 0 Å². The van der Waals surface area contributed by atoms with Gasteiger partial charge in [-0.15, -0.1) is 0 Å². The summed E-state index contributed by atoms with van der Waals surface area (Å²) in [6.45, 7) is 4.40. The van der Waals surface area contributed by atoms with Gasteiger partial charge in [0.25, 0.3) is 0 Å². The van der Waals surface area contributed by atoms with E-state index in [1.165, 1.54) is 0 Å². The fourth-order valence-corrected chi connectivity index (χ4v) is 3.47. The van der Waals surface area contributed by atoms with Crippen molar-refractivity contribution >= 4 is 46.6 Å². The summed E-state index contributed by atoms with van der Waals surface area (Å²) in [7, 11) is 0. The zero-order valence-corrected chi connectivity index (χ0v) is 13.0. The quantitative estimate of drug-likeness (QED) is 0.615. The predicted molar refractivity (Wildman–Crippen MR) is 84.5 cm³/mol. The number of rotatable bonds is 5. The highest BCUT2D eigenvalue weighted by Crippen LogP contribution is 2.26. The second-order valence-electron chi connectivity index (χ2n) is 4.27. The first-order valence-corrected chi connectivity index (χ1v) is 8.05. The van der Waals surface area contributed by atoms with Crippen molar-refractivity contribution in [1.82, 2.24) is 9.55 Å². The SMILES string of the molecule is CCSCCC(C)n1c(=S)[nH]c2c(Cl)cccc21. The highest BCUT2D eigenvalue weighted by Gasteiger charge is 2.12.